The molecule has 0 radical (unpaired) electrons. The summed E-state index contributed by atoms with van der Waals surface area (Å²) < 4.78 is 0. The van der Waals surface area contributed by atoms with Gasteiger partial charge in [0.1, 0.15) is 0 Å². The second-order valence-corrected chi connectivity index (χ2v) is 9.26. The Morgan fingerprint density at radius 3 is 2.17 bits per heavy atom. The van der Waals surface area contributed by atoms with Crippen molar-refractivity contribution in [1.29, 1.82) is 5.26 Å². The summed E-state index contributed by atoms with van der Waals surface area (Å²) in [6, 6.07) is 15.4. The van der Waals surface area contributed by atoms with Crippen LogP contribution < -0.4 is 5.32 Å². The van der Waals surface area contributed by atoms with Crippen LogP contribution in [0.25, 0.3) is 6.08 Å². The van der Waals surface area contributed by atoms with Gasteiger partial charge in [0, 0.05) is 36.6 Å². The molecule has 5 atom stereocenters. The first kappa shape index (κ1) is 26.6. The Balaban J connectivity index is 2.27. The molecular formula is C27H29N3O6. The van der Waals surface area contributed by atoms with E-state index in [9.17, 15) is 35.2 Å². The minimum Gasteiger partial charge on any atom is -0.481 e. The molecule has 1 fully saturated rings. The van der Waals surface area contributed by atoms with Crippen LogP contribution in [-0.2, 0) is 9.59 Å². The maximum Gasteiger partial charge on any atom is 0.312 e. The molecule has 1 saturated heterocycles. The van der Waals surface area contributed by atoms with Crippen LogP contribution in [0.1, 0.15) is 50.2 Å². The number of nitrogens with one attached hydrogen (secondary N) is 1. The first-order valence-electron chi connectivity index (χ1n) is 11.7. The van der Waals surface area contributed by atoms with E-state index in [1.165, 1.54) is 24.3 Å². The normalized spacial score (nSPS) is 27.9. The van der Waals surface area contributed by atoms with Crippen LogP contribution in [0.3, 0.4) is 0 Å². The summed E-state index contributed by atoms with van der Waals surface area (Å²) in [4.78, 5) is 36.8. The largest absolute Gasteiger partial charge is 0.481 e. The molecule has 5 unspecified atom stereocenters. The lowest BCUT2D eigenvalue weighted by atomic mass is 9.49. The molecule has 0 amide bonds. The first-order valence-corrected chi connectivity index (χ1v) is 11.7. The molecule has 1 aliphatic heterocycles. The highest BCUT2D eigenvalue weighted by molar-refractivity contribution is 5.84. The van der Waals surface area contributed by atoms with Gasteiger partial charge in [-0.1, -0.05) is 54.6 Å². The molecule has 0 spiro atoms. The zero-order valence-corrected chi connectivity index (χ0v) is 20.1. The Kier molecular flexibility index (Phi) is 7.90. The molecule has 36 heavy (non-hydrogen) atoms. The molecule has 0 bridgehead atoms. The number of aliphatic carboxylic acids is 2. The summed E-state index contributed by atoms with van der Waals surface area (Å²) in [5.74, 6) is -3.48. The number of non-ortho nitro benzene ring substituents is 1. The zero-order chi connectivity index (χ0) is 26.5. The monoisotopic (exact) mass is 491 g/mol. The van der Waals surface area contributed by atoms with Gasteiger partial charge in [0.05, 0.1) is 21.8 Å². The van der Waals surface area contributed by atoms with Gasteiger partial charge in [-0.2, -0.15) is 5.26 Å². The Morgan fingerprint density at radius 1 is 1.06 bits per heavy atom. The zero-order valence-electron chi connectivity index (χ0n) is 20.1. The third kappa shape index (κ3) is 4.60. The molecule has 3 rings (SSSR count). The number of carboxylic acid groups (broad SMARTS) is 2. The number of piperidine rings is 1. The highest BCUT2D eigenvalue weighted by atomic mass is 16.6. The summed E-state index contributed by atoms with van der Waals surface area (Å²) in [6.07, 6.45) is 3.35. The highest BCUT2D eigenvalue weighted by Crippen LogP contribution is 2.59. The van der Waals surface area contributed by atoms with Gasteiger partial charge in [0.2, 0.25) is 0 Å². The molecule has 9 nitrogen and oxygen atoms in total. The van der Waals surface area contributed by atoms with Gasteiger partial charge >= 0.3 is 11.9 Å². The van der Waals surface area contributed by atoms with Gasteiger partial charge in [-0.25, -0.2) is 0 Å². The minimum absolute atomic E-state index is 0.00134. The van der Waals surface area contributed by atoms with Gasteiger partial charge < -0.3 is 15.5 Å². The second kappa shape index (κ2) is 10.7. The number of nitro benzene ring substituents is 1. The molecular weight excluding hydrogens is 462 g/mol. The smallest absolute Gasteiger partial charge is 0.312 e. The highest BCUT2D eigenvalue weighted by Gasteiger charge is 2.66. The van der Waals surface area contributed by atoms with Crippen LogP contribution in [0.15, 0.2) is 60.7 Å². The number of rotatable bonds is 9. The van der Waals surface area contributed by atoms with E-state index >= 15 is 0 Å². The molecule has 1 aliphatic rings. The van der Waals surface area contributed by atoms with Gasteiger partial charge in [0.25, 0.3) is 5.69 Å². The maximum atomic E-state index is 13.1. The number of hydrogen-bond acceptors (Lipinski definition) is 6. The third-order valence-electron chi connectivity index (χ3n) is 7.53. The van der Waals surface area contributed by atoms with E-state index in [2.05, 4.69) is 5.32 Å². The summed E-state index contributed by atoms with van der Waals surface area (Å²) in [5.41, 5.74) is -2.23. The number of benzene rings is 2. The van der Waals surface area contributed by atoms with Crippen molar-refractivity contribution in [2.45, 2.75) is 51.1 Å². The summed E-state index contributed by atoms with van der Waals surface area (Å²) in [6.45, 7) is 3.40. The van der Waals surface area contributed by atoms with Crippen LogP contribution in [0.5, 0.6) is 0 Å². The quantitative estimate of drug-likeness (QED) is 0.339. The fraction of sp³-hybridized carbons (Fsp3) is 0.370. The van der Waals surface area contributed by atoms with Crippen LogP contribution in [0.4, 0.5) is 5.69 Å². The standard InChI is InChI=1S/C27H29N3O6/c1-18-26(24(31)32,15-6-10-20-8-4-3-5-9-20)23(21-11-13-22(14-12-21)30(35)36)27(25(33)34,16-7-17-28)19(2)29-18/h3-6,8-14,18-19,23,29H,7,15-16H2,1-2H3,(H,31,32)(H,33,34). The van der Waals surface area contributed by atoms with Crippen LogP contribution in [-0.4, -0.2) is 39.2 Å². The van der Waals surface area contributed by atoms with E-state index in [-0.39, 0.29) is 24.9 Å². The Hall–Kier alpha value is -4.03. The Bertz CT molecular complexity index is 1190. The molecule has 2 aromatic rings. The van der Waals surface area contributed by atoms with Crippen molar-refractivity contribution in [3.8, 4) is 6.07 Å². The van der Waals surface area contributed by atoms with Crippen LogP contribution >= 0.6 is 0 Å². The van der Waals surface area contributed by atoms with Crippen molar-refractivity contribution >= 4 is 23.7 Å². The molecule has 0 saturated carbocycles. The minimum atomic E-state index is -1.66. The number of hydrogen-bond donors (Lipinski definition) is 3. The van der Waals surface area contributed by atoms with E-state index in [1.54, 1.807) is 26.0 Å². The lowest BCUT2D eigenvalue weighted by Gasteiger charge is -2.57. The topological polar surface area (TPSA) is 154 Å². The predicted molar refractivity (Wildman–Crippen MR) is 133 cm³/mol. The maximum absolute atomic E-state index is 13.1. The number of nitrogens with zero attached hydrogens (tertiary/aromatic N) is 2. The number of carbonyl (C=O) groups is 2. The molecule has 0 aromatic heterocycles. The lowest BCUT2D eigenvalue weighted by Crippen LogP contribution is -2.69. The number of allylic oxidation sites excluding steroid dienone is 1. The van der Waals surface area contributed by atoms with E-state index in [0.717, 1.165) is 5.56 Å². The van der Waals surface area contributed by atoms with Crippen molar-refractivity contribution in [1.82, 2.24) is 5.32 Å². The van der Waals surface area contributed by atoms with Crippen LogP contribution in [0, 0.1) is 32.3 Å². The predicted octanol–water partition coefficient (Wildman–Crippen LogP) is 4.61. The second-order valence-electron chi connectivity index (χ2n) is 9.26. The molecule has 188 valence electrons. The van der Waals surface area contributed by atoms with Crippen molar-refractivity contribution in [2.75, 3.05) is 0 Å². The van der Waals surface area contributed by atoms with Crippen molar-refractivity contribution in [3.05, 3.63) is 81.9 Å². The van der Waals surface area contributed by atoms with E-state index in [1.807, 2.05) is 36.4 Å². The average Bonchev–Trinajstić information content (AvgIpc) is 2.85. The fourth-order valence-electron chi connectivity index (χ4n) is 5.70. The molecule has 0 aliphatic carbocycles. The number of nitriles is 1. The summed E-state index contributed by atoms with van der Waals surface area (Å²) in [5, 5.41) is 45.1. The van der Waals surface area contributed by atoms with E-state index < -0.39 is 45.7 Å². The Labute approximate surface area is 209 Å². The fourth-order valence-corrected chi connectivity index (χ4v) is 5.70. The molecule has 3 N–H and O–H groups in total. The Morgan fingerprint density at radius 2 is 1.64 bits per heavy atom. The number of nitro groups is 1. The molecule has 1 heterocycles. The first-order chi connectivity index (χ1) is 17.1. The van der Waals surface area contributed by atoms with Crippen molar-refractivity contribution in [2.24, 2.45) is 10.8 Å². The third-order valence-corrected chi connectivity index (χ3v) is 7.53. The lowest BCUT2D eigenvalue weighted by molar-refractivity contribution is -0.384. The summed E-state index contributed by atoms with van der Waals surface area (Å²) >= 11 is 0. The SMILES string of the molecule is CC1NC(C)C(CCC#N)(C(=O)O)C(c2ccc([N+](=O)[O-])cc2)C1(CC=Cc1ccccc1)C(=O)O. The molecule has 2 aromatic carbocycles. The summed E-state index contributed by atoms with van der Waals surface area (Å²) in [7, 11) is 0. The van der Waals surface area contributed by atoms with Crippen LogP contribution in [0.2, 0.25) is 0 Å². The van der Waals surface area contributed by atoms with Crippen molar-refractivity contribution < 1.29 is 24.7 Å². The van der Waals surface area contributed by atoms with Gasteiger partial charge in [-0.05, 0) is 37.8 Å². The van der Waals surface area contributed by atoms with E-state index in [0.29, 0.717) is 5.56 Å². The average molecular weight is 492 g/mol. The van der Waals surface area contributed by atoms with Gasteiger partial charge in [-0.15, -0.1) is 0 Å². The van der Waals surface area contributed by atoms with Gasteiger partial charge in [0.15, 0.2) is 0 Å². The molecule has 9 heteroatoms. The van der Waals surface area contributed by atoms with Gasteiger partial charge in [-0.3, -0.25) is 19.7 Å². The van der Waals surface area contributed by atoms with E-state index in [4.69, 9.17) is 0 Å². The number of carboxylic acids is 2. The van der Waals surface area contributed by atoms with Crippen molar-refractivity contribution in [3.63, 3.8) is 0 Å².